The molecule has 2 fully saturated rings. The SMILES string of the molecule is O=C(C1CCCCC1)N1CCC[C@@H]1Cn1nc(-c2cccs2)ccc1=O. The summed E-state index contributed by atoms with van der Waals surface area (Å²) in [6.07, 6.45) is 7.60. The van der Waals surface area contributed by atoms with Gasteiger partial charge in [0.1, 0.15) is 5.69 Å². The van der Waals surface area contributed by atoms with E-state index in [1.54, 1.807) is 28.2 Å². The fourth-order valence-corrected chi connectivity index (χ4v) is 4.93. The van der Waals surface area contributed by atoms with Gasteiger partial charge >= 0.3 is 0 Å². The number of carbonyl (C=O) groups is 1. The van der Waals surface area contributed by atoms with E-state index < -0.39 is 0 Å². The zero-order chi connectivity index (χ0) is 17.9. The van der Waals surface area contributed by atoms with Crippen LogP contribution in [-0.4, -0.2) is 33.2 Å². The van der Waals surface area contributed by atoms with Crippen LogP contribution in [0.15, 0.2) is 34.4 Å². The maximum Gasteiger partial charge on any atom is 0.266 e. The third-order valence-corrected chi connectivity index (χ3v) is 6.53. The number of aromatic nitrogens is 2. The number of rotatable bonds is 4. The normalized spacial score (nSPS) is 21.2. The van der Waals surface area contributed by atoms with Gasteiger partial charge < -0.3 is 4.90 Å². The van der Waals surface area contributed by atoms with Gasteiger partial charge in [-0.15, -0.1) is 11.3 Å². The largest absolute Gasteiger partial charge is 0.338 e. The van der Waals surface area contributed by atoms with Gasteiger partial charge in [-0.1, -0.05) is 25.3 Å². The first-order chi connectivity index (χ1) is 12.7. The zero-order valence-electron chi connectivity index (χ0n) is 15.0. The van der Waals surface area contributed by atoms with Crippen LogP contribution in [0.2, 0.25) is 0 Å². The molecular weight excluding hydrogens is 346 g/mol. The Balaban J connectivity index is 1.51. The van der Waals surface area contributed by atoms with E-state index >= 15 is 0 Å². The summed E-state index contributed by atoms with van der Waals surface area (Å²) in [6, 6.07) is 7.46. The topological polar surface area (TPSA) is 55.2 Å². The Bertz CT molecular complexity index is 809. The van der Waals surface area contributed by atoms with Crippen molar-refractivity contribution < 1.29 is 4.79 Å². The number of nitrogens with zero attached hydrogens (tertiary/aromatic N) is 3. The lowest BCUT2D eigenvalue weighted by molar-refractivity contribution is -0.137. The van der Waals surface area contributed by atoms with Gasteiger partial charge in [0.05, 0.1) is 17.5 Å². The van der Waals surface area contributed by atoms with E-state index in [1.807, 2.05) is 22.4 Å². The van der Waals surface area contributed by atoms with E-state index in [9.17, 15) is 9.59 Å². The Morgan fingerprint density at radius 1 is 1.12 bits per heavy atom. The van der Waals surface area contributed by atoms with Crippen LogP contribution in [0.25, 0.3) is 10.6 Å². The highest BCUT2D eigenvalue weighted by atomic mass is 32.1. The van der Waals surface area contributed by atoms with E-state index in [-0.39, 0.29) is 17.5 Å². The molecule has 138 valence electrons. The summed E-state index contributed by atoms with van der Waals surface area (Å²) in [6.45, 7) is 1.32. The molecular formula is C20H25N3O2S. The smallest absolute Gasteiger partial charge is 0.266 e. The summed E-state index contributed by atoms with van der Waals surface area (Å²) in [5.41, 5.74) is 0.727. The van der Waals surface area contributed by atoms with Crippen molar-refractivity contribution in [1.82, 2.24) is 14.7 Å². The van der Waals surface area contributed by atoms with Crippen molar-refractivity contribution in [3.8, 4) is 10.6 Å². The minimum absolute atomic E-state index is 0.0909. The first-order valence-electron chi connectivity index (χ1n) is 9.65. The van der Waals surface area contributed by atoms with Gasteiger partial charge in [-0.25, -0.2) is 4.68 Å². The number of likely N-dealkylation sites (tertiary alicyclic amines) is 1. The van der Waals surface area contributed by atoms with Crippen molar-refractivity contribution in [3.63, 3.8) is 0 Å². The minimum atomic E-state index is -0.0951. The van der Waals surface area contributed by atoms with Crippen molar-refractivity contribution in [3.05, 3.63) is 40.0 Å². The first kappa shape index (κ1) is 17.5. The molecule has 3 heterocycles. The van der Waals surface area contributed by atoms with Gasteiger partial charge in [0.2, 0.25) is 5.91 Å². The molecule has 6 heteroatoms. The van der Waals surface area contributed by atoms with Crippen LogP contribution in [0.4, 0.5) is 0 Å². The van der Waals surface area contributed by atoms with E-state index in [0.29, 0.717) is 12.5 Å². The predicted molar refractivity (Wildman–Crippen MR) is 103 cm³/mol. The number of hydrogen-bond acceptors (Lipinski definition) is 4. The predicted octanol–water partition coefficient (Wildman–Crippen LogP) is 3.54. The lowest BCUT2D eigenvalue weighted by atomic mass is 9.88. The summed E-state index contributed by atoms with van der Waals surface area (Å²) in [5, 5.41) is 6.57. The minimum Gasteiger partial charge on any atom is -0.338 e. The first-order valence-corrected chi connectivity index (χ1v) is 10.5. The van der Waals surface area contributed by atoms with Crippen LogP contribution < -0.4 is 5.56 Å². The molecule has 0 spiro atoms. The van der Waals surface area contributed by atoms with Crippen LogP contribution in [0.5, 0.6) is 0 Å². The monoisotopic (exact) mass is 371 g/mol. The van der Waals surface area contributed by atoms with E-state index in [1.165, 1.54) is 19.3 Å². The number of amides is 1. The van der Waals surface area contributed by atoms with Gasteiger partial charge in [-0.3, -0.25) is 9.59 Å². The number of thiophene rings is 1. The molecule has 0 unspecified atom stereocenters. The summed E-state index contributed by atoms with van der Waals surface area (Å²) < 4.78 is 1.55. The molecule has 1 saturated carbocycles. The molecule has 1 saturated heterocycles. The third-order valence-electron chi connectivity index (χ3n) is 5.64. The summed E-state index contributed by atoms with van der Waals surface area (Å²) in [5.74, 6) is 0.487. The van der Waals surface area contributed by atoms with E-state index in [2.05, 4.69) is 5.10 Å². The summed E-state index contributed by atoms with van der Waals surface area (Å²) in [4.78, 5) is 28.4. The fraction of sp³-hybridized carbons (Fsp3) is 0.550. The Morgan fingerprint density at radius 2 is 1.96 bits per heavy atom. The summed E-state index contributed by atoms with van der Waals surface area (Å²) >= 11 is 1.62. The van der Waals surface area contributed by atoms with E-state index in [4.69, 9.17) is 0 Å². The Labute approximate surface area is 157 Å². The van der Waals surface area contributed by atoms with Crippen molar-refractivity contribution >= 4 is 17.2 Å². The van der Waals surface area contributed by atoms with Crippen LogP contribution >= 0.6 is 11.3 Å². The molecule has 2 aliphatic rings. The van der Waals surface area contributed by atoms with Crippen molar-refractivity contribution in [2.24, 2.45) is 5.92 Å². The average molecular weight is 372 g/mol. The van der Waals surface area contributed by atoms with Gasteiger partial charge in [0.25, 0.3) is 5.56 Å². The van der Waals surface area contributed by atoms with Gasteiger partial charge in [0.15, 0.2) is 0 Å². The molecule has 0 aromatic carbocycles. The third kappa shape index (κ3) is 3.61. The second-order valence-corrected chi connectivity index (χ2v) is 8.33. The number of carbonyl (C=O) groups excluding carboxylic acids is 1. The quantitative estimate of drug-likeness (QED) is 0.826. The standard InChI is InChI=1S/C20H25N3O2S/c24-19-11-10-17(18-9-5-13-26-18)21-23(19)14-16-8-4-12-22(16)20(25)15-6-2-1-3-7-15/h5,9-11,13,15-16H,1-4,6-8,12,14H2/t16-/m1/s1. The Hall–Kier alpha value is -1.95. The Morgan fingerprint density at radius 3 is 2.73 bits per heavy atom. The van der Waals surface area contributed by atoms with Crippen molar-refractivity contribution in [2.75, 3.05) is 6.54 Å². The molecule has 1 atom stereocenters. The second kappa shape index (κ2) is 7.74. The molecule has 1 amide bonds. The zero-order valence-corrected chi connectivity index (χ0v) is 15.8. The van der Waals surface area contributed by atoms with Crippen LogP contribution in [0.3, 0.4) is 0 Å². The fourth-order valence-electron chi connectivity index (χ4n) is 4.23. The van der Waals surface area contributed by atoms with Gasteiger partial charge in [-0.05, 0) is 43.2 Å². The van der Waals surface area contributed by atoms with Crippen LogP contribution in [-0.2, 0) is 11.3 Å². The molecule has 2 aromatic heterocycles. The highest BCUT2D eigenvalue weighted by Gasteiger charge is 2.34. The molecule has 5 nitrogen and oxygen atoms in total. The number of hydrogen-bond donors (Lipinski definition) is 0. The Kier molecular flexibility index (Phi) is 5.20. The van der Waals surface area contributed by atoms with Crippen LogP contribution in [0.1, 0.15) is 44.9 Å². The summed E-state index contributed by atoms with van der Waals surface area (Å²) in [7, 11) is 0. The lowest BCUT2D eigenvalue weighted by Crippen LogP contribution is -2.43. The van der Waals surface area contributed by atoms with Gasteiger partial charge in [0, 0.05) is 18.5 Å². The molecule has 0 radical (unpaired) electrons. The van der Waals surface area contributed by atoms with Crippen LogP contribution in [0, 0.1) is 5.92 Å². The van der Waals surface area contributed by atoms with E-state index in [0.717, 1.165) is 42.8 Å². The van der Waals surface area contributed by atoms with Crippen molar-refractivity contribution in [2.45, 2.75) is 57.5 Å². The second-order valence-electron chi connectivity index (χ2n) is 7.38. The highest BCUT2D eigenvalue weighted by Crippen LogP contribution is 2.29. The molecule has 0 bridgehead atoms. The molecule has 4 rings (SSSR count). The highest BCUT2D eigenvalue weighted by molar-refractivity contribution is 7.13. The molecule has 1 aliphatic heterocycles. The molecule has 1 aliphatic carbocycles. The molecule has 2 aromatic rings. The maximum absolute atomic E-state index is 13.0. The average Bonchev–Trinajstić information content (AvgIpc) is 3.36. The molecule has 0 N–H and O–H groups in total. The lowest BCUT2D eigenvalue weighted by Gasteiger charge is -2.30. The van der Waals surface area contributed by atoms with Gasteiger partial charge in [-0.2, -0.15) is 5.10 Å². The molecule has 26 heavy (non-hydrogen) atoms. The maximum atomic E-state index is 13.0. The van der Waals surface area contributed by atoms with Crippen molar-refractivity contribution in [1.29, 1.82) is 0 Å².